The van der Waals surface area contributed by atoms with Gasteiger partial charge in [-0.1, -0.05) is 0 Å². The molecule has 0 aromatic carbocycles. The van der Waals surface area contributed by atoms with E-state index < -0.39 is 61.5 Å². The number of aliphatic hydroxyl groups is 7. The zero-order valence-corrected chi connectivity index (χ0v) is 15.7. The largest absolute Gasteiger partial charge is 0.440 e. The standard InChI is InChI=1S/C11H22BIO10S/c1-3(22-13)5(16)6(17)7(18)11(23-24)9(20)8(19)10(21-12)4(15)2-14/h3-11,14-20,24H,2H2,1H3. The van der Waals surface area contributed by atoms with E-state index in [4.69, 9.17) is 16.2 Å². The van der Waals surface area contributed by atoms with Crippen LogP contribution < -0.4 is 0 Å². The zero-order valence-electron chi connectivity index (χ0n) is 12.7. The van der Waals surface area contributed by atoms with Gasteiger partial charge in [-0.05, 0) is 19.8 Å². The highest BCUT2D eigenvalue weighted by Gasteiger charge is 2.43. The van der Waals surface area contributed by atoms with E-state index in [0.717, 1.165) is 0 Å². The van der Waals surface area contributed by atoms with E-state index in [1.54, 1.807) is 0 Å². The summed E-state index contributed by atoms with van der Waals surface area (Å²) in [5, 5.41) is 68.2. The summed E-state index contributed by atoms with van der Waals surface area (Å²) in [6.45, 7) is 0.594. The van der Waals surface area contributed by atoms with Gasteiger partial charge < -0.3 is 47.6 Å². The maximum Gasteiger partial charge on any atom is 0.283 e. The number of aliphatic hydroxyl groups excluding tert-OH is 7. The highest BCUT2D eigenvalue weighted by Crippen LogP contribution is 2.21. The summed E-state index contributed by atoms with van der Waals surface area (Å²) in [6, 6.07) is 0. The van der Waals surface area contributed by atoms with Crippen molar-refractivity contribution in [3.8, 4) is 0 Å². The van der Waals surface area contributed by atoms with Gasteiger partial charge in [-0.25, -0.2) is 0 Å². The van der Waals surface area contributed by atoms with Crippen LogP contribution in [0.5, 0.6) is 0 Å². The lowest BCUT2D eigenvalue weighted by Crippen LogP contribution is -2.58. The molecule has 0 aliphatic rings. The van der Waals surface area contributed by atoms with Crippen LogP contribution in [0.1, 0.15) is 6.92 Å². The van der Waals surface area contributed by atoms with Crippen molar-refractivity contribution in [1.82, 2.24) is 0 Å². The lowest BCUT2D eigenvalue weighted by atomic mass is 9.91. The van der Waals surface area contributed by atoms with E-state index in [1.165, 1.54) is 29.9 Å². The van der Waals surface area contributed by atoms with Gasteiger partial charge in [-0.2, -0.15) is 0 Å². The Morgan fingerprint density at radius 3 is 1.75 bits per heavy atom. The summed E-state index contributed by atoms with van der Waals surface area (Å²) in [7, 11) is 4.90. The normalized spacial score (nSPS) is 23.6. The molecule has 0 saturated carbocycles. The van der Waals surface area contributed by atoms with Crippen molar-refractivity contribution in [2.24, 2.45) is 0 Å². The maximum atomic E-state index is 10.1. The molecule has 24 heavy (non-hydrogen) atoms. The highest BCUT2D eigenvalue weighted by molar-refractivity contribution is 14.1. The quantitative estimate of drug-likeness (QED) is 0.0605. The Bertz CT molecular complexity index is 346. The minimum atomic E-state index is -1.95. The summed E-state index contributed by atoms with van der Waals surface area (Å²) in [4.78, 5) is 0. The first kappa shape index (κ1) is 24.7. The number of hydrogen-bond acceptors (Lipinski definition) is 11. The fourth-order valence-electron chi connectivity index (χ4n) is 1.94. The minimum absolute atomic E-state index is 0.827. The van der Waals surface area contributed by atoms with Crippen molar-refractivity contribution in [3.63, 3.8) is 0 Å². The first-order valence-corrected chi connectivity index (χ1v) is 8.04. The van der Waals surface area contributed by atoms with Crippen molar-refractivity contribution >= 4 is 44.0 Å². The molecule has 0 fully saturated rings. The third-order valence-electron chi connectivity index (χ3n) is 3.53. The molecule has 0 aliphatic heterocycles. The molecule has 7 N–H and O–H groups in total. The molecule has 9 atom stereocenters. The second kappa shape index (κ2) is 12.2. The van der Waals surface area contributed by atoms with E-state index in [0.29, 0.717) is 0 Å². The monoisotopic (exact) mass is 484 g/mol. The van der Waals surface area contributed by atoms with E-state index >= 15 is 0 Å². The number of thiol groups is 1. The Balaban J connectivity index is 5.15. The highest BCUT2D eigenvalue weighted by atomic mass is 127. The molecule has 0 spiro atoms. The third kappa shape index (κ3) is 6.48. The predicted octanol–water partition coefficient (Wildman–Crippen LogP) is -3.40. The Labute approximate surface area is 160 Å². The van der Waals surface area contributed by atoms with Crippen LogP contribution in [0.2, 0.25) is 0 Å². The minimum Gasteiger partial charge on any atom is -0.440 e. The molecule has 0 aromatic rings. The van der Waals surface area contributed by atoms with E-state index in [2.05, 4.69) is 21.7 Å². The molecule has 0 aliphatic carbocycles. The second-order valence-electron chi connectivity index (χ2n) is 5.17. The molecule has 142 valence electrons. The number of hydrogen-bond donors (Lipinski definition) is 8. The molecule has 0 rings (SSSR count). The first-order valence-electron chi connectivity index (χ1n) is 6.80. The van der Waals surface area contributed by atoms with Gasteiger partial charge in [0.1, 0.15) is 65.7 Å². The lowest BCUT2D eigenvalue weighted by molar-refractivity contribution is -0.169. The number of rotatable bonds is 12. The van der Waals surface area contributed by atoms with Gasteiger partial charge in [-0.15, -0.1) is 0 Å². The Hall–Kier alpha value is 0.745. The van der Waals surface area contributed by atoms with Crippen molar-refractivity contribution in [3.05, 3.63) is 0 Å². The summed E-state index contributed by atoms with van der Waals surface area (Å²) < 4.78 is 13.7. The van der Waals surface area contributed by atoms with Crippen LogP contribution in [0.15, 0.2) is 0 Å². The SMILES string of the molecule is [B]OC(C(O)CO)C(O)C(O)C(OS)C(O)C(O)C(O)C(C)OI. The van der Waals surface area contributed by atoms with Crippen molar-refractivity contribution in [2.45, 2.75) is 61.9 Å². The Kier molecular flexibility index (Phi) is 12.6. The number of halogens is 1. The van der Waals surface area contributed by atoms with Crippen LogP contribution in [-0.2, 0) is 11.9 Å². The van der Waals surface area contributed by atoms with Gasteiger partial charge >= 0.3 is 0 Å². The maximum absolute atomic E-state index is 10.1. The van der Waals surface area contributed by atoms with Gasteiger partial charge in [0.15, 0.2) is 0 Å². The van der Waals surface area contributed by atoms with Crippen LogP contribution >= 0.6 is 35.9 Å². The molecular weight excluding hydrogens is 462 g/mol. The molecule has 0 amide bonds. The van der Waals surface area contributed by atoms with E-state index in [-0.39, 0.29) is 0 Å². The molecule has 9 unspecified atom stereocenters. The molecule has 13 heteroatoms. The third-order valence-corrected chi connectivity index (χ3v) is 4.57. The Morgan fingerprint density at radius 2 is 1.38 bits per heavy atom. The van der Waals surface area contributed by atoms with Crippen LogP contribution in [0, 0.1) is 0 Å². The van der Waals surface area contributed by atoms with Crippen LogP contribution in [-0.4, -0.2) is 105 Å². The van der Waals surface area contributed by atoms with Gasteiger partial charge in [-0.3, -0.25) is 0 Å². The second-order valence-corrected chi connectivity index (χ2v) is 5.89. The fraction of sp³-hybridized carbons (Fsp3) is 1.00. The van der Waals surface area contributed by atoms with Crippen molar-refractivity contribution < 1.29 is 47.6 Å². The summed E-state index contributed by atoms with van der Waals surface area (Å²) >= 11 is 4.95. The van der Waals surface area contributed by atoms with Gasteiger partial charge in [0.25, 0.3) is 8.05 Å². The molecule has 0 heterocycles. The van der Waals surface area contributed by atoms with Gasteiger partial charge in [0.2, 0.25) is 0 Å². The Morgan fingerprint density at radius 1 is 0.917 bits per heavy atom. The molecular formula is C11H22BIO10S. The van der Waals surface area contributed by atoms with Crippen molar-refractivity contribution in [1.29, 1.82) is 0 Å². The van der Waals surface area contributed by atoms with Crippen LogP contribution in [0.4, 0.5) is 0 Å². The van der Waals surface area contributed by atoms with Crippen LogP contribution in [0.3, 0.4) is 0 Å². The topological polar surface area (TPSA) is 169 Å². The summed E-state index contributed by atoms with van der Waals surface area (Å²) in [6.07, 6.45) is -15.0. The lowest BCUT2D eigenvalue weighted by Gasteiger charge is -2.36. The van der Waals surface area contributed by atoms with Crippen LogP contribution in [0.25, 0.3) is 0 Å². The smallest absolute Gasteiger partial charge is 0.283 e. The first-order chi connectivity index (χ1) is 11.2. The molecule has 0 saturated heterocycles. The molecule has 2 radical (unpaired) electrons. The molecule has 0 aromatic heterocycles. The zero-order chi connectivity index (χ0) is 19.0. The summed E-state index contributed by atoms with van der Waals surface area (Å²) in [5.41, 5.74) is 0. The average Bonchev–Trinajstić information content (AvgIpc) is 2.59. The van der Waals surface area contributed by atoms with E-state index in [1.807, 2.05) is 0 Å². The molecule has 10 nitrogen and oxygen atoms in total. The van der Waals surface area contributed by atoms with Gasteiger partial charge in [0, 0.05) is 0 Å². The van der Waals surface area contributed by atoms with Gasteiger partial charge in [0.05, 0.1) is 18.8 Å². The predicted molar refractivity (Wildman–Crippen MR) is 92.2 cm³/mol. The molecule has 0 bridgehead atoms. The summed E-state index contributed by atoms with van der Waals surface area (Å²) in [5.74, 6) is 0. The fourth-order valence-corrected chi connectivity index (χ4v) is 2.50. The van der Waals surface area contributed by atoms with E-state index in [9.17, 15) is 30.6 Å². The average molecular weight is 484 g/mol. The van der Waals surface area contributed by atoms with Crippen molar-refractivity contribution in [2.75, 3.05) is 6.61 Å².